The van der Waals surface area contributed by atoms with E-state index in [1.165, 1.54) is 6.42 Å². The maximum absolute atomic E-state index is 12.0. The van der Waals surface area contributed by atoms with Gasteiger partial charge in [0.25, 0.3) is 0 Å². The Morgan fingerprint density at radius 3 is 2.59 bits per heavy atom. The van der Waals surface area contributed by atoms with Gasteiger partial charge in [0.15, 0.2) is 0 Å². The Hall–Kier alpha value is -0.860. The monoisotopic (exact) mass is 237 g/mol. The molecule has 1 saturated heterocycles. The van der Waals surface area contributed by atoms with Crippen molar-refractivity contribution in [3.8, 4) is 0 Å². The Balaban J connectivity index is 1.73. The third kappa shape index (κ3) is 3.55. The number of ketones is 1. The van der Waals surface area contributed by atoms with Crippen LogP contribution >= 0.6 is 0 Å². The first-order valence-electron chi connectivity index (χ1n) is 7.08. The number of carbonyl (C=O) groups excluding carboxylic acids is 2. The largest absolute Gasteiger partial charge is 0.343 e. The number of carbonyl (C=O) groups is 2. The van der Waals surface area contributed by atoms with Crippen molar-refractivity contribution in [2.24, 2.45) is 5.92 Å². The van der Waals surface area contributed by atoms with Gasteiger partial charge < -0.3 is 4.90 Å². The van der Waals surface area contributed by atoms with Crippen LogP contribution in [0.1, 0.15) is 57.8 Å². The summed E-state index contributed by atoms with van der Waals surface area (Å²) in [5.41, 5.74) is 0. The van der Waals surface area contributed by atoms with Crippen LogP contribution in [0.15, 0.2) is 0 Å². The number of likely N-dealkylation sites (tertiary alicyclic amines) is 1. The van der Waals surface area contributed by atoms with E-state index in [0.717, 1.165) is 58.0 Å². The standard InChI is InChI=1S/C14H23NO2/c16-13-7-3-2-6-12(13)8-9-14(17)15-10-4-1-5-11-15/h12H,1-11H2. The van der Waals surface area contributed by atoms with Crippen LogP contribution in [0.4, 0.5) is 0 Å². The summed E-state index contributed by atoms with van der Waals surface area (Å²) in [7, 11) is 0. The van der Waals surface area contributed by atoms with Crippen LogP contribution in [0, 0.1) is 5.92 Å². The molecule has 1 aliphatic heterocycles. The van der Waals surface area contributed by atoms with E-state index in [9.17, 15) is 9.59 Å². The molecule has 96 valence electrons. The minimum absolute atomic E-state index is 0.178. The van der Waals surface area contributed by atoms with E-state index in [0.29, 0.717) is 12.2 Å². The van der Waals surface area contributed by atoms with Crippen molar-refractivity contribution in [3.63, 3.8) is 0 Å². The van der Waals surface area contributed by atoms with Gasteiger partial charge in [-0.1, -0.05) is 6.42 Å². The predicted molar refractivity (Wildman–Crippen MR) is 66.6 cm³/mol. The number of amides is 1. The van der Waals surface area contributed by atoms with Gasteiger partial charge in [0, 0.05) is 31.8 Å². The SMILES string of the molecule is O=C1CCCCC1CCC(=O)N1CCCCC1. The number of piperidine rings is 1. The number of rotatable bonds is 3. The highest BCUT2D eigenvalue weighted by Gasteiger charge is 2.24. The fourth-order valence-electron chi connectivity index (χ4n) is 2.96. The van der Waals surface area contributed by atoms with E-state index in [2.05, 4.69) is 0 Å². The molecule has 1 aliphatic carbocycles. The molecule has 0 radical (unpaired) electrons. The maximum Gasteiger partial charge on any atom is 0.222 e. The molecule has 1 heterocycles. The van der Waals surface area contributed by atoms with E-state index >= 15 is 0 Å². The Morgan fingerprint density at radius 1 is 1.12 bits per heavy atom. The molecule has 0 aromatic carbocycles. The average molecular weight is 237 g/mol. The molecule has 3 heteroatoms. The van der Waals surface area contributed by atoms with Crippen molar-refractivity contribution >= 4 is 11.7 Å². The summed E-state index contributed by atoms with van der Waals surface area (Å²) in [5.74, 6) is 0.836. The second-order valence-corrected chi connectivity index (χ2v) is 5.39. The number of nitrogens with zero attached hydrogens (tertiary/aromatic N) is 1. The van der Waals surface area contributed by atoms with Crippen molar-refractivity contribution in [1.82, 2.24) is 4.90 Å². The average Bonchev–Trinajstić information content (AvgIpc) is 2.38. The molecule has 17 heavy (non-hydrogen) atoms. The molecule has 0 aromatic heterocycles. The van der Waals surface area contributed by atoms with Crippen LogP contribution in [-0.2, 0) is 9.59 Å². The third-order valence-electron chi connectivity index (χ3n) is 4.10. The summed E-state index contributed by atoms with van der Waals surface area (Å²) in [6.07, 6.45) is 8.87. The normalized spacial score (nSPS) is 26.0. The van der Waals surface area contributed by atoms with Crippen LogP contribution in [0.3, 0.4) is 0 Å². The lowest BCUT2D eigenvalue weighted by Crippen LogP contribution is -2.36. The van der Waals surface area contributed by atoms with Gasteiger partial charge in [-0.3, -0.25) is 9.59 Å². The van der Waals surface area contributed by atoms with Gasteiger partial charge >= 0.3 is 0 Å². The minimum atomic E-state index is 0.178. The Kier molecular flexibility index (Phi) is 4.57. The van der Waals surface area contributed by atoms with Crippen molar-refractivity contribution in [1.29, 1.82) is 0 Å². The molecule has 0 aromatic rings. The molecule has 1 unspecified atom stereocenters. The van der Waals surface area contributed by atoms with E-state index in [-0.39, 0.29) is 11.8 Å². The first kappa shape index (κ1) is 12.6. The second kappa shape index (κ2) is 6.18. The number of hydrogen-bond donors (Lipinski definition) is 0. The smallest absolute Gasteiger partial charge is 0.222 e. The molecule has 0 bridgehead atoms. The molecule has 3 nitrogen and oxygen atoms in total. The highest BCUT2D eigenvalue weighted by molar-refractivity contribution is 5.82. The van der Waals surface area contributed by atoms with Crippen molar-refractivity contribution in [2.45, 2.75) is 57.8 Å². The summed E-state index contributed by atoms with van der Waals surface area (Å²) < 4.78 is 0. The van der Waals surface area contributed by atoms with E-state index in [1.807, 2.05) is 4.90 Å². The fraction of sp³-hybridized carbons (Fsp3) is 0.857. The van der Waals surface area contributed by atoms with Crippen LogP contribution in [0.2, 0.25) is 0 Å². The van der Waals surface area contributed by atoms with Crippen LogP contribution in [0.5, 0.6) is 0 Å². The first-order valence-corrected chi connectivity index (χ1v) is 7.08. The molecule has 2 fully saturated rings. The van der Waals surface area contributed by atoms with Gasteiger partial charge in [-0.2, -0.15) is 0 Å². The van der Waals surface area contributed by atoms with Crippen LogP contribution in [0.25, 0.3) is 0 Å². The van der Waals surface area contributed by atoms with E-state index in [4.69, 9.17) is 0 Å². The van der Waals surface area contributed by atoms with Crippen molar-refractivity contribution in [3.05, 3.63) is 0 Å². The van der Waals surface area contributed by atoms with Gasteiger partial charge in [0.05, 0.1) is 0 Å². The summed E-state index contributed by atoms with van der Waals surface area (Å²) in [6, 6.07) is 0. The topological polar surface area (TPSA) is 37.4 Å². The van der Waals surface area contributed by atoms with E-state index < -0.39 is 0 Å². The van der Waals surface area contributed by atoms with Crippen molar-refractivity contribution in [2.75, 3.05) is 13.1 Å². The zero-order valence-electron chi connectivity index (χ0n) is 10.6. The highest BCUT2D eigenvalue weighted by atomic mass is 16.2. The van der Waals surface area contributed by atoms with Gasteiger partial charge in [-0.15, -0.1) is 0 Å². The number of Topliss-reactive ketones (excluding diaryl/α,β-unsaturated/α-hetero) is 1. The first-order chi connectivity index (χ1) is 8.27. The van der Waals surface area contributed by atoms with Crippen molar-refractivity contribution < 1.29 is 9.59 Å². The summed E-state index contributed by atoms with van der Waals surface area (Å²) in [4.78, 5) is 25.6. The Labute approximate surface area is 104 Å². The molecule has 2 rings (SSSR count). The second-order valence-electron chi connectivity index (χ2n) is 5.39. The molecular formula is C14H23NO2. The lowest BCUT2D eigenvalue weighted by molar-refractivity contribution is -0.132. The quantitative estimate of drug-likeness (QED) is 0.756. The molecular weight excluding hydrogens is 214 g/mol. The number of hydrogen-bond acceptors (Lipinski definition) is 2. The molecule has 1 saturated carbocycles. The molecule has 0 spiro atoms. The van der Waals surface area contributed by atoms with Gasteiger partial charge in [-0.25, -0.2) is 0 Å². The lowest BCUT2D eigenvalue weighted by Gasteiger charge is -2.27. The van der Waals surface area contributed by atoms with Gasteiger partial charge in [0.2, 0.25) is 5.91 Å². The molecule has 1 amide bonds. The van der Waals surface area contributed by atoms with Gasteiger partial charge in [0.1, 0.15) is 5.78 Å². The minimum Gasteiger partial charge on any atom is -0.343 e. The lowest BCUT2D eigenvalue weighted by atomic mass is 9.85. The third-order valence-corrected chi connectivity index (χ3v) is 4.10. The predicted octanol–water partition coefficient (Wildman–Crippen LogP) is 2.54. The molecule has 1 atom stereocenters. The molecule has 2 aliphatic rings. The van der Waals surface area contributed by atoms with Crippen LogP contribution in [-0.4, -0.2) is 29.7 Å². The summed E-state index contributed by atoms with van der Waals surface area (Å²) in [5, 5.41) is 0. The van der Waals surface area contributed by atoms with Crippen LogP contribution < -0.4 is 0 Å². The molecule has 0 N–H and O–H groups in total. The maximum atomic E-state index is 12.0. The summed E-state index contributed by atoms with van der Waals surface area (Å²) >= 11 is 0. The highest BCUT2D eigenvalue weighted by Crippen LogP contribution is 2.25. The van der Waals surface area contributed by atoms with Gasteiger partial charge in [-0.05, 0) is 38.5 Å². The van der Waals surface area contributed by atoms with E-state index in [1.54, 1.807) is 0 Å². The Bertz CT molecular complexity index is 282. The fourth-order valence-corrected chi connectivity index (χ4v) is 2.96. The zero-order chi connectivity index (χ0) is 12.1. The Morgan fingerprint density at radius 2 is 1.88 bits per heavy atom. The summed E-state index contributed by atoms with van der Waals surface area (Å²) in [6.45, 7) is 1.86. The zero-order valence-corrected chi connectivity index (χ0v) is 10.6.